The van der Waals surface area contributed by atoms with Crippen molar-refractivity contribution in [3.63, 3.8) is 0 Å². The molecule has 0 saturated carbocycles. The fraction of sp³-hybridized carbons (Fsp3) is 0.643. The molecule has 9 heteroatoms. The van der Waals surface area contributed by atoms with Crippen molar-refractivity contribution >= 4 is 12.0 Å². The van der Waals surface area contributed by atoms with Gasteiger partial charge in [-0.2, -0.15) is 13.2 Å². The largest absolute Gasteiger partial charge is 0.471 e. The zero-order chi connectivity index (χ0) is 27.4. The summed E-state index contributed by atoms with van der Waals surface area (Å²) < 4.78 is 44.9. The van der Waals surface area contributed by atoms with Crippen LogP contribution in [0.1, 0.15) is 65.9 Å². The van der Waals surface area contributed by atoms with Gasteiger partial charge in [0, 0.05) is 31.7 Å². The second-order valence-electron chi connectivity index (χ2n) is 11.8. The van der Waals surface area contributed by atoms with Gasteiger partial charge < -0.3 is 15.0 Å². The molecule has 0 spiro atoms. The Morgan fingerprint density at radius 1 is 1.16 bits per heavy atom. The molecular formula is C28H40F3N3O3. The standard InChI is InChI=1S/C28H40F3N3O3/c1-26(2,3)37-25(36)34-19-21(17-27(34,4)5)11-12-23(32-24(35)28(29,30)31)22-13-15-33(16-14-22)18-20-9-7-6-8-10-20/h6-10,13,21,23H,11-12,14-19H2,1-5H3,(H,32,35). The van der Waals surface area contributed by atoms with Crippen molar-refractivity contribution in [2.45, 2.75) is 90.2 Å². The van der Waals surface area contributed by atoms with E-state index in [0.29, 0.717) is 38.9 Å². The first kappa shape index (κ1) is 29.0. The monoisotopic (exact) mass is 523 g/mol. The summed E-state index contributed by atoms with van der Waals surface area (Å²) in [5.74, 6) is -1.81. The summed E-state index contributed by atoms with van der Waals surface area (Å²) in [6.07, 6.45) is -1.07. The van der Waals surface area contributed by atoms with Gasteiger partial charge in [-0.25, -0.2) is 4.79 Å². The lowest BCUT2D eigenvalue weighted by Crippen LogP contribution is -2.45. The molecular weight excluding hydrogens is 483 g/mol. The van der Waals surface area contributed by atoms with E-state index in [4.69, 9.17) is 4.74 Å². The second-order valence-corrected chi connectivity index (χ2v) is 11.8. The highest BCUT2D eigenvalue weighted by molar-refractivity contribution is 5.82. The third-order valence-corrected chi connectivity index (χ3v) is 7.02. The van der Waals surface area contributed by atoms with Crippen LogP contribution in [0, 0.1) is 5.92 Å². The predicted octanol–water partition coefficient (Wildman–Crippen LogP) is 5.68. The van der Waals surface area contributed by atoms with Crippen LogP contribution >= 0.6 is 0 Å². The number of ether oxygens (including phenoxy) is 1. The van der Waals surface area contributed by atoms with Crippen LogP contribution in [0.4, 0.5) is 18.0 Å². The van der Waals surface area contributed by atoms with Gasteiger partial charge in [0.15, 0.2) is 0 Å². The van der Waals surface area contributed by atoms with Gasteiger partial charge in [0.25, 0.3) is 0 Å². The first-order valence-electron chi connectivity index (χ1n) is 13.0. The highest BCUT2D eigenvalue weighted by Crippen LogP contribution is 2.37. The van der Waals surface area contributed by atoms with Gasteiger partial charge in [-0.15, -0.1) is 0 Å². The van der Waals surface area contributed by atoms with E-state index in [1.165, 1.54) is 5.56 Å². The normalized spacial score (nSPS) is 21.4. The van der Waals surface area contributed by atoms with E-state index in [0.717, 1.165) is 18.5 Å². The molecule has 2 heterocycles. The van der Waals surface area contributed by atoms with E-state index in [-0.39, 0.29) is 12.0 Å². The molecule has 2 aliphatic rings. The molecule has 37 heavy (non-hydrogen) atoms. The van der Waals surface area contributed by atoms with Crippen LogP contribution in [0.2, 0.25) is 0 Å². The number of hydrogen-bond donors (Lipinski definition) is 1. The molecule has 0 aliphatic carbocycles. The van der Waals surface area contributed by atoms with Gasteiger partial charge in [0.05, 0.1) is 6.04 Å². The lowest BCUT2D eigenvalue weighted by atomic mass is 9.89. The summed E-state index contributed by atoms with van der Waals surface area (Å²) >= 11 is 0. The molecule has 1 aromatic rings. The number of carbonyl (C=O) groups excluding carboxylic acids is 2. The summed E-state index contributed by atoms with van der Waals surface area (Å²) in [6, 6.07) is 9.34. The Morgan fingerprint density at radius 3 is 2.41 bits per heavy atom. The van der Waals surface area contributed by atoms with Crippen molar-refractivity contribution < 1.29 is 27.5 Å². The molecule has 1 fully saturated rings. The summed E-state index contributed by atoms with van der Waals surface area (Å²) in [4.78, 5) is 28.5. The predicted molar refractivity (Wildman–Crippen MR) is 137 cm³/mol. The number of likely N-dealkylation sites (tertiary alicyclic amines) is 1. The number of halogens is 3. The van der Waals surface area contributed by atoms with Crippen LogP contribution < -0.4 is 5.32 Å². The summed E-state index contributed by atoms with van der Waals surface area (Å²) in [5.41, 5.74) is 0.989. The Morgan fingerprint density at radius 2 is 1.84 bits per heavy atom. The Kier molecular flexibility index (Phi) is 8.98. The van der Waals surface area contributed by atoms with Gasteiger partial charge in [-0.1, -0.05) is 36.4 Å². The van der Waals surface area contributed by atoms with Crippen LogP contribution in [-0.4, -0.2) is 64.8 Å². The first-order valence-corrected chi connectivity index (χ1v) is 13.0. The Bertz CT molecular complexity index is 970. The summed E-state index contributed by atoms with van der Waals surface area (Å²) in [5, 5.41) is 2.24. The van der Waals surface area contributed by atoms with E-state index < -0.39 is 29.3 Å². The fourth-order valence-corrected chi connectivity index (χ4v) is 5.24. The Hall–Kier alpha value is -2.55. The number of carbonyl (C=O) groups is 2. The van der Waals surface area contributed by atoms with Crippen molar-refractivity contribution in [1.29, 1.82) is 0 Å². The highest BCUT2D eigenvalue weighted by atomic mass is 19.4. The molecule has 2 unspecified atom stereocenters. The number of amides is 2. The van der Waals surface area contributed by atoms with Crippen LogP contribution in [-0.2, 0) is 16.1 Å². The molecule has 6 nitrogen and oxygen atoms in total. The van der Waals surface area contributed by atoms with Crippen molar-refractivity contribution in [2.75, 3.05) is 19.6 Å². The number of nitrogens with zero attached hydrogens (tertiary/aromatic N) is 2. The minimum Gasteiger partial charge on any atom is -0.444 e. The molecule has 1 saturated heterocycles. The zero-order valence-corrected chi connectivity index (χ0v) is 22.5. The first-order chi connectivity index (χ1) is 17.1. The molecule has 1 N–H and O–H groups in total. The van der Waals surface area contributed by atoms with E-state index in [1.807, 2.05) is 58.9 Å². The number of benzene rings is 1. The van der Waals surface area contributed by atoms with Crippen molar-refractivity contribution in [3.8, 4) is 0 Å². The molecule has 2 amide bonds. The minimum atomic E-state index is -4.93. The average molecular weight is 524 g/mol. The molecule has 0 bridgehead atoms. The van der Waals surface area contributed by atoms with Gasteiger partial charge in [-0.05, 0) is 77.4 Å². The number of alkyl halides is 3. The van der Waals surface area contributed by atoms with E-state index in [9.17, 15) is 22.8 Å². The molecule has 206 valence electrons. The zero-order valence-electron chi connectivity index (χ0n) is 22.5. The number of hydrogen-bond acceptors (Lipinski definition) is 4. The van der Waals surface area contributed by atoms with Gasteiger partial charge >= 0.3 is 18.2 Å². The van der Waals surface area contributed by atoms with Gasteiger partial charge in [-0.3, -0.25) is 9.69 Å². The molecule has 1 aromatic carbocycles. The lowest BCUT2D eigenvalue weighted by molar-refractivity contribution is -0.174. The molecule has 0 aromatic heterocycles. The average Bonchev–Trinajstić information content (AvgIpc) is 3.10. The molecule has 2 aliphatic heterocycles. The molecule has 0 radical (unpaired) electrons. The maximum absolute atomic E-state index is 13.1. The highest BCUT2D eigenvalue weighted by Gasteiger charge is 2.44. The van der Waals surface area contributed by atoms with Crippen LogP contribution in [0.5, 0.6) is 0 Å². The topological polar surface area (TPSA) is 61.9 Å². The van der Waals surface area contributed by atoms with Crippen LogP contribution in [0.25, 0.3) is 0 Å². The SMILES string of the molecule is CC(C)(C)OC(=O)N1CC(CCC(NC(=O)C(F)(F)F)C2=CCN(Cc3ccccc3)CC2)CC1(C)C. The summed E-state index contributed by atoms with van der Waals surface area (Å²) in [6.45, 7) is 12.0. The molecule has 3 rings (SSSR count). The smallest absolute Gasteiger partial charge is 0.444 e. The number of rotatable bonds is 7. The van der Waals surface area contributed by atoms with E-state index in [1.54, 1.807) is 4.90 Å². The van der Waals surface area contributed by atoms with Crippen LogP contribution in [0.3, 0.4) is 0 Å². The maximum atomic E-state index is 13.1. The van der Waals surface area contributed by atoms with E-state index >= 15 is 0 Å². The second kappa shape index (κ2) is 11.5. The Balaban J connectivity index is 1.65. The van der Waals surface area contributed by atoms with Crippen molar-refractivity contribution in [1.82, 2.24) is 15.1 Å². The minimum absolute atomic E-state index is 0.103. The lowest BCUT2D eigenvalue weighted by Gasteiger charge is -2.33. The summed E-state index contributed by atoms with van der Waals surface area (Å²) in [7, 11) is 0. The van der Waals surface area contributed by atoms with Crippen LogP contribution in [0.15, 0.2) is 42.0 Å². The van der Waals surface area contributed by atoms with E-state index in [2.05, 4.69) is 22.3 Å². The maximum Gasteiger partial charge on any atom is 0.471 e. The molecule has 2 atom stereocenters. The van der Waals surface area contributed by atoms with Gasteiger partial charge in [0.2, 0.25) is 0 Å². The van der Waals surface area contributed by atoms with Crippen molar-refractivity contribution in [2.24, 2.45) is 5.92 Å². The fourth-order valence-electron chi connectivity index (χ4n) is 5.24. The van der Waals surface area contributed by atoms with Crippen molar-refractivity contribution in [3.05, 3.63) is 47.5 Å². The Labute approximate surface area is 218 Å². The number of nitrogens with one attached hydrogen (secondary N) is 1. The quantitative estimate of drug-likeness (QED) is 0.467. The third kappa shape index (κ3) is 8.48. The van der Waals surface area contributed by atoms with Gasteiger partial charge in [0.1, 0.15) is 5.60 Å². The third-order valence-electron chi connectivity index (χ3n) is 7.02.